The quantitative estimate of drug-likeness (QED) is 0.157. The van der Waals surface area contributed by atoms with Gasteiger partial charge in [0.15, 0.2) is 0 Å². The van der Waals surface area contributed by atoms with Gasteiger partial charge in [-0.1, -0.05) is 146 Å². The fourth-order valence-electron chi connectivity index (χ4n) is 7.48. The topological polar surface area (TPSA) is 46.3 Å². The van der Waals surface area contributed by atoms with Crippen LogP contribution in [-0.2, 0) is 0 Å². The molecule has 5 nitrogen and oxygen atoms in total. The van der Waals surface area contributed by atoms with Crippen molar-refractivity contribution < 1.29 is 0 Å². The first kappa shape index (κ1) is 33.0. The van der Waals surface area contributed by atoms with Crippen molar-refractivity contribution in [2.75, 3.05) is 4.90 Å². The van der Waals surface area contributed by atoms with Crippen LogP contribution in [0.2, 0.25) is 0 Å². The lowest BCUT2D eigenvalue weighted by Crippen LogP contribution is -2.09. The van der Waals surface area contributed by atoms with Crippen molar-refractivity contribution >= 4 is 33.7 Å². The summed E-state index contributed by atoms with van der Waals surface area (Å²) in [4.78, 5) is 17.5. The van der Waals surface area contributed by atoms with Gasteiger partial charge in [0.25, 0.3) is 0 Å². The third kappa shape index (κ3) is 6.17. The van der Waals surface area contributed by atoms with Crippen molar-refractivity contribution in [1.82, 2.24) is 19.4 Å². The molecule has 0 saturated heterocycles. The van der Waals surface area contributed by atoms with E-state index in [1.165, 1.54) is 0 Å². The van der Waals surface area contributed by atoms with E-state index >= 15 is 0 Å². The number of aromatic nitrogens is 4. The van der Waals surface area contributed by atoms with E-state index in [-0.39, 0.29) is 0 Å². The summed E-state index contributed by atoms with van der Waals surface area (Å²) >= 11 is 0. The number of fused-ring (bicyclic) bond motifs is 2. The molecule has 3 aromatic heterocycles. The van der Waals surface area contributed by atoms with Gasteiger partial charge in [-0.25, -0.2) is 15.0 Å². The molecule has 0 amide bonds. The van der Waals surface area contributed by atoms with Crippen LogP contribution in [0.5, 0.6) is 0 Å². The minimum Gasteiger partial charge on any atom is -0.311 e. The Bertz CT molecular complexity index is 2920. The molecule has 0 N–H and O–H groups in total. The first-order valence-electron chi connectivity index (χ1n) is 18.8. The molecule has 0 radical (unpaired) electrons. The van der Waals surface area contributed by atoms with Gasteiger partial charge in [0.2, 0.25) is 0 Å². The SMILES string of the molecule is c1ccc(-c2nc3ccccc3nc2-c2ccc(-c3ccc(N(c4ccccc4)c4ccc(-c5c(-c6ccccc6)nc6ccccn56)cc4)cc3)cc2)cc1. The number of hydrogen-bond donors (Lipinski definition) is 0. The van der Waals surface area contributed by atoms with E-state index in [2.05, 4.69) is 167 Å². The molecule has 0 saturated carbocycles. The number of para-hydroxylation sites is 3. The Labute approximate surface area is 325 Å². The van der Waals surface area contributed by atoms with Crippen LogP contribution in [0.3, 0.4) is 0 Å². The van der Waals surface area contributed by atoms with Crippen LogP contribution in [-0.4, -0.2) is 19.4 Å². The van der Waals surface area contributed by atoms with Gasteiger partial charge < -0.3 is 4.90 Å². The van der Waals surface area contributed by atoms with Crippen molar-refractivity contribution in [1.29, 1.82) is 0 Å². The van der Waals surface area contributed by atoms with Gasteiger partial charge in [-0.15, -0.1) is 0 Å². The Hall–Kier alpha value is -7.63. The average Bonchev–Trinajstić information content (AvgIpc) is 3.67. The number of hydrogen-bond acceptors (Lipinski definition) is 4. The summed E-state index contributed by atoms with van der Waals surface area (Å²) in [6.45, 7) is 0. The largest absolute Gasteiger partial charge is 0.311 e. The van der Waals surface area contributed by atoms with Crippen molar-refractivity contribution in [2.24, 2.45) is 0 Å². The summed E-state index contributed by atoms with van der Waals surface area (Å²) in [6, 6.07) is 71.7. The average molecular weight is 718 g/mol. The highest BCUT2D eigenvalue weighted by atomic mass is 15.1. The van der Waals surface area contributed by atoms with E-state index in [9.17, 15) is 0 Å². The second-order valence-electron chi connectivity index (χ2n) is 13.7. The first-order chi connectivity index (χ1) is 27.8. The van der Waals surface area contributed by atoms with E-state index in [4.69, 9.17) is 15.0 Å². The lowest BCUT2D eigenvalue weighted by molar-refractivity contribution is 1.19. The maximum absolute atomic E-state index is 5.09. The van der Waals surface area contributed by atoms with Crippen molar-refractivity contribution in [2.45, 2.75) is 0 Å². The summed E-state index contributed by atoms with van der Waals surface area (Å²) < 4.78 is 2.18. The van der Waals surface area contributed by atoms with E-state index in [0.717, 1.165) is 89.9 Å². The Kier molecular flexibility index (Phi) is 8.43. The van der Waals surface area contributed by atoms with E-state index in [1.807, 2.05) is 54.6 Å². The molecular formula is C51H35N5. The van der Waals surface area contributed by atoms with Crippen molar-refractivity contribution in [3.8, 4) is 56.2 Å². The van der Waals surface area contributed by atoms with Gasteiger partial charge in [0.05, 0.1) is 33.8 Å². The lowest BCUT2D eigenvalue weighted by Gasteiger charge is -2.26. The molecule has 0 aliphatic carbocycles. The van der Waals surface area contributed by atoms with Gasteiger partial charge in [-0.3, -0.25) is 4.40 Å². The first-order valence-corrected chi connectivity index (χ1v) is 18.8. The van der Waals surface area contributed by atoms with Crippen LogP contribution in [0.15, 0.2) is 212 Å². The summed E-state index contributed by atoms with van der Waals surface area (Å²) in [5, 5.41) is 0. The second-order valence-corrected chi connectivity index (χ2v) is 13.7. The molecule has 0 unspecified atom stereocenters. The molecule has 0 aliphatic rings. The highest BCUT2D eigenvalue weighted by Crippen LogP contribution is 2.39. The van der Waals surface area contributed by atoms with Gasteiger partial charge in [0, 0.05) is 45.5 Å². The van der Waals surface area contributed by atoms with Gasteiger partial charge >= 0.3 is 0 Å². The van der Waals surface area contributed by atoms with Gasteiger partial charge in [-0.2, -0.15) is 0 Å². The second kappa shape index (κ2) is 14.3. The predicted molar refractivity (Wildman–Crippen MR) is 230 cm³/mol. The number of rotatable bonds is 8. The van der Waals surface area contributed by atoms with Gasteiger partial charge in [-0.05, 0) is 71.8 Å². The number of nitrogens with zero attached hydrogens (tertiary/aromatic N) is 5. The highest BCUT2D eigenvalue weighted by Gasteiger charge is 2.18. The van der Waals surface area contributed by atoms with Gasteiger partial charge in [0.1, 0.15) is 5.65 Å². The van der Waals surface area contributed by atoms with Crippen LogP contribution >= 0.6 is 0 Å². The van der Waals surface area contributed by atoms with Crippen LogP contribution in [0.1, 0.15) is 0 Å². The zero-order chi connectivity index (χ0) is 37.3. The number of pyridine rings is 1. The molecule has 56 heavy (non-hydrogen) atoms. The highest BCUT2D eigenvalue weighted by molar-refractivity contribution is 5.88. The fourth-order valence-corrected chi connectivity index (χ4v) is 7.48. The van der Waals surface area contributed by atoms with Crippen molar-refractivity contribution in [3.63, 3.8) is 0 Å². The molecule has 0 spiro atoms. The smallest absolute Gasteiger partial charge is 0.137 e. The summed E-state index contributed by atoms with van der Waals surface area (Å²) in [5.74, 6) is 0. The molecule has 264 valence electrons. The summed E-state index contributed by atoms with van der Waals surface area (Å²) in [5.41, 5.74) is 16.2. The zero-order valence-corrected chi connectivity index (χ0v) is 30.4. The Morgan fingerprint density at radius 3 is 1.29 bits per heavy atom. The fraction of sp³-hybridized carbons (Fsp3) is 0. The summed E-state index contributed by atoms with van der Waals surface area (Å²) in [6.07, 6.45) is 2.09. The third-order valence-electron chi connectivity index (χ3n) is 10.2. The minimum atomic E-state index is 0.874. The van der Waals surface area contributed by atoms with Crippen LogP contribution in [0.4, 0.5) is 17.1 Å². The standard InChI is InChI=1S/C51H35N5/c1-4-14-38(15-5-1)48-49(53-46-21-11-10-20-45(46)52-48)40-25-23-36(24-26-40)37-27-31-43(32-28-37)56(42-18-8-3-9-19-42)44-33-29-41(30-34-44)51-50(39-16-6-2-7-17-39)54-47-22-12-13-35-55(47)51/h1-35H. The zero-order valence-electron chi connectivity index (χ0n) is 30.4. The lowest BCUT2D eigenvalue weighted by atomic mass is 9.99. The number of benzene rings is 7. The van der Waals surface area contributed by atoms with Crippen LogP contribution in [0.25, 0.3) is 72.8 Å². The number of anilines is 3. The molecule has 10 rings (SSSR count). The van der Waals surface area contributed by atoms with E-state index < -0.39 is 0 Å². The maximum Gasteiger partial charge on any atom is 0.137 e. The Morgan fingerprint density at radius 2 is 0.714 bits per heavy atom. The Balaban J connectivity index is 0.978. The van der Waals surface area contributed by atoms with E-state index in [1.54, 1.807) is 0 Å². The molecule has 7 aromatic carbocycles. The number of imidazole rings is 1. The van der Waals surface area contributed by atoms with E-state index in [0.29, 0.717) is 0 Å². The molecule has 0 bridgehead atoms. The maximum atomic E-state index is 5.09. The molecule has 10 aromatic rings. The molecule has 5 heteroatoms. The predicted octanol–water partition coefficient (Wildman–Crippen LogP) is 13.1. The molecule has 0 fully saturated rings. The third-order valence-corrected chi connectivity index (χ3v) is 10.2. The normalized spacial score (nSPS) is 11.2. The molecular weight excluding hydrogens is 683 g/mol. The molecule has 3 heterocycles. The molecule has 0 aliphatic heterocycles. The van der Waals surface area contributed by atoms with Crippen LogP contribution < -0.4 is 4.90 Å². The minimum absolute atomic E-state index is 0.874. The monoisotopic (exact) mass is 717 g/mol. The Morgan fingerprint density at radius 1 is 0.304 bits per heavy atom. The molecule has 0 atom stereocenters. The van der Waals surface area contributed by atoms with Crippen molar-refractivity contribution in [3.05, 3.63) is 212 Å². The van der Waals surface area contributed by atoms with Crippen LogP contribution in [0, 0.1) is 0 Å². The summed E-state index contributed by atoms with van der Waals surface area (Å²) in [7, 11) is 0.